The van der Waals surface area contributed by atoms with Crippen LogP contribution in [0.4, 0.5) is 42.5 Å². The average molecular weight is 555 g/mol. The smallest absolute Gasteiger partial charge is 0.406 e. The van der Waals surface area contributed by atoms with Crippen LogP contribution in [-0.2, 0) is 4.79 Å². The van der Waals surface area contributed by atoms with Gasteiger partial charge in [-0.25, -0.2) is 9.79 Å². The number of nitrogens with two attached hydrogens (primary N) is 1. The fourth-order valence-corrected chi connectivity index (χ4v) is 3.91. The molecule has 2 aromatic rings. The summed E-state index contributed by atoms with van der Waals surface area (Å²) in [5.74, 6) is -2.44. The number of ether oxygens (including phenoxy) is 1. The Labute approximate surface area is 216 Å². The van der Waals surface area contributed by atoms with Crippen molar-refractivity contribution in [3.05, 3.63) is 59.8 Å². The summed E-state index contributed by atoms with van der Waals surface area (Å²) < 4.78 is 79.1. The summed E-state index contributed by atoms with van der Waals surface area (Å²) in [6.07, 6.45) is -8.34. The molecule has 5 N–H and O–H groups in total. The molecule has 16 heteroatoms. The lowest BCUT2D eigenvalue weighted by molar-refractivity contribution is -0.274. The van der Waals surface area contributed by atoms with Gasteiger partial charge in [-0.2, -0.15) is 18.3 Å². The SMILES string of the molecule is NC1=NC=NN2CC(C(=O)NCC(F)(F)F)C(c3ccc(NC(=O)Nc4cccc(OC(F)(F)F)c4)cc3)=C12. The first-order valence-corrected chi connectivity index (χ1v) is 11.1. The monoisotopic (exact) mass is 555 g/mol. The molecule has 0 spiro atoms. The van der Waals surface area contributed by atoms with E-state index in [-0.39, 0.29) is 29.5 Å². The second-order valence-electron chi connectivity index (χ2n) is 8.21. The molecule has 0 fully saturated rings. The second-order valence-corrected chi connectivity index (χ2v) is 8.21. The van der Waals surface area contributed by atoms with Gasteiger partial charge in [0.25, 0.3) is 0 Å². The van der Waals surface area contributed by atoms with Gasteiger partial charge in [0, 0.05) is 23.0 Å². The summed E-state index contributed by atoms with van der Waals surface area (Å²) in [5.41, 5.74) is 7.25. The minimum atomic E-state index is -4.90. The van der Waals surface area contributed by atoms with E-state index in [0.29, 0.717) is 11.1 Å². The molecule has 0 saturated carbocycles. The maximum atomic E-state index is 12.7. The van der Waals surface area contributed by atoms with Gasteiger partial charge in [0.05, 0.1) is 12.5 Å². The molecular formula is C23H19F6N7O3. The van der Waals surface area contributed by atoms with Gasteiger partial charge in [0.15, 0.2) is 5.84 Å². The number of hydrazone groups is 1. The Hall–Kier alpha value is -4.76. The zero-order valence-electron chi connectivity index (χ0n) is 19.6. The lowest BCUT2D eigenvalue weighted by atomic mass is 9.92. The number of alkyl halides is 6. The maximum absolute atomic E-state index is 12.7. The van der Waals surface area contributed by atoms with Gasteiger partial charge in [0.2, 0.25) is 5.91 Å². The van der Waals surface area contributed by atoms with E-state index < -0.39 is 42.7 Å². The molecule has 0 bridgehead atoms. The Balaban J connectivity index is 1.49. The summed E-state index contributed by atoms with van der Waals surface area (Å²) in [4.78, 5) is 28.9. The maximum Gasteiger partial charge on any atom is 0.573 e. The van der Waals surface area contributed by atoms with Gasteiger partial charge in [0.1, 0.15) is 24.3 Å². The van der Waals surface area contributed by atoms with Gasteiger partial charge in [-0.15, -0.1) is 13.2 Å². The van der Waals surface area contributed by atoms with Crippen molar-refractivity contribution in [3.63, 3.8) is 0 Å². The van der Waals surface area contributed by atoms with E-state index in [1.807, 2.05) is 5.32 Å². The molecule has 39 heavy (non-hydrogen) atoms. The molecule has 206 valence electrons. The van der Waals surface area contributed by atoms with E-state index in [1.54, 1.807) is 0 Å². The minimum Gasteiger partial charge on any atom is -0.406 e. The van der Waals surface area contributed by atoms with E-state index >= 15 is 0 Å². The van der Waals surface area contributed by atoms with Gasteiger partial charge in [-0.05, 0) is 29.8 Å². The van der Waals surface area contributed by atoms with Crippen LogP contribution in [0.2, 0.25) is 0 Å². The molecule has 4 rings (SSSR count). The van der Waals surface area contributed by atoms with Crippen molar-refractivity contribution in [2.45, 2.75) is 12.5 Å². The van der Waals surface area contributed by atoms with Crippen LogP contribution in [0.5, 0.6) is 5.75 Å². The molecule has 0 radical (unpaired) electrons. The number of carbonyl (C=O) groups is 2. The number of carbonyl (C=O) groups excluding carboxylic acids is 2. The van der Waals surface area contributed by atoms with Crippen LogP contribution in [0.25, 0.3) is 5.57 Å². The average Bonchev–Trinajstić information content (AvgIpc) is 3.23. The standard InChI is InChI=1S/C23H19F6N7O3/c24-22(25,26)10-31-20(37)16-9-36-18(19(30)32-11-33-36)17(16)12-4-6-13(7-5-12)34-21(38)35-14-2-1-3-15(8-14)39-23(27,28)29/h1-8,11,16H,9-10H2,(H,31,37)(H2,30,32,33)(H2,34,35,38). The molecule has 0 aromatic heterocycles. The summed E-state index contributed by atoms with van der Waals surface area (Å²) >= 11 is 0. The molecule has 0 saturated heterocycles. The third-order valence-corrected chi connectivity index (χ3v) is 5.41. The summed E-state index contributed by atoms with van der Waals surface area (Å²) in [6.45, 7) is -1.58. The molecule has 10 nitrogen and oxygen atoms in total. The highest BCUT2D eigenvalue weighted by molar-refractivity contribution is 6.11. The number of amides is 3. The number of benzene rings is 2. The van der Waals surface area contributed by atoms with Gasteiger partial charge >= 0.3 is 18.6 Å². The minimum absolute atomic E-state index is 0.0180. The first-order chi connectivity index (χ1) is 18.3. The molecule has 2 aromatic carbocycles. The lowest BCUT2D eigenvalue weighted by Crippen LogP contribution is -2.39. The van der Waals surface area contributed by atoms with Crippen LogP contribution >= 0.6 is 0 Å². The number of fused-ring (bicyclic) bond motifs is 1. The molecule has 2 heterocycles. The molecule has 2 aliphatic rings. The van der Waals surface area contributed by atoms with E-state index in [4.69, 9.17) is 5.73 Å². The molecule has 0 aliphatic carbocycles. The number of aliphatic imine (C=N–C) groups is 1. The van der Waals surface area contributed by atoms with Crippen LogP contribution < -0.4 is 26.4 Å². The number of urea groups is 1. The highest BCUT2D eigenvalue weighted by Gasteiger charge is 2.40. The number of nitrogens with one attached hydrogen (secondary N) is 3. The topological polar surface area (TPSA) is 133 Å². The largest absolute Gasteiger partial charge is 0.573 e. The number of anilines is 2. The molecule has 2 aliphatic heterocycles. The third kappa shape index (κ3) is 6.97. The zero-order valence-corrected chi connectivity index (χ0v) is 19.6. The summed E-state index contributed by atoms with van der Waals surface area (Å²) in [6, 6.07) is 9.83. The fraction of sp³-hybridized carbons (Fsp3) is 0.217. The number of amidine groups is 1. The van der Waals surface area contributed by atoms with E-state index in [0.717, 1.165) is 18.5 Å². The number of hydrogen-bond donors (Lipinski definition) is 4. The van der Waals surface area contributed by atoms with Crippen LogP contribution in [0.1, 0.15) is 5.56 Å². The van der Waals surface area contributed by atoms with E-state index in [2.05, 4.69) is 25.5 Å². The predicted molar refractivity (Wildman–Crippen MR) is 129 cm³/mol. The lowest BCUT2D eigenvalue weighted by Gasteiger charge is -2.18. The number of hydrogen-bond acceptors (Lipinski definition) is 7. The van der Waals surface area contributed by atoms with Gasteiger partial charge in [-0.3, -0.25) is 9.80 Å². The van der Waals surface area contributed by atoms with Crippen molar-refractivity contribution in [1.29, 1.82) is 0 Å². The predicted octanol–water partition coefficient (Wildman–Crippen LogP) is 3.86. The molecule has 1 atom stereocenters. The van der Waals surface area contributed by atoms with Crippen molar-refractivity contribution in [2.75, 3.05) is 23.7 Å². The highest BCUT2D eigenvalue weighted by Crippen LogP contribution is 2.38. The number of halogens is 6. The van der Waals surface area contributed by atoms with Crippen LogP contribution in [0.15, 0.2) is 64.3 Å². The quantitative estimate of drug-likeness (QED) is 0.402. The Morgan fingerprint density at radius 3 is 2.38 bits per heavy atom. The fourth-order valence-electron chi connectivity index (χ4n) is 3.91. The summed E-state index contributed by atoms with van der Waals surface area (Å²) in [5, 5.41) is 12.1. The first-order valence-electron chi connectivity index (χ1n) is 11.1. The van der Waals surface area contributed by atoms with Crippen LogP contribution in [0, 0.1) is 5.92 Å². The molecule has 3 amide bonds. The van der Waals surface area contributed by atoms with E-state index in [9.17, 15) is 35.9 Å². The first kappa shape index (κ1) is 27.3. The van der Waals surface area contributed by atoms with Crippen LogP contribution in [0.3, 0.4) is 0 Å². The van der Waals surface area contributed by atoms with Crippen molar-refractivity contribution in [3.8, 4) is 5.75 Å². The normalized spacial score (nSPS) is 16.9. The Morgan fingerprint density at radius 2 is 1.72 bits per heavy atom. The van der Waals surface area contributed by atoms with Crippen molar-refractivity contribution in [1.82, 2.24) is 10.3 Å². The van der Waals surface area contributed by atoms with Crippen molar-refractivity contribution in [2.24, 2.45) is 21.7 Å². The Bertz CT molecular complexity index is 1350. The second kappa shape index (κ2) is 10.5. The highest BCUT2D eigenvalue weighted by atomic mass is 19.4. The summed E-state index contributed by atoms with van der Waals surface area (Å²) in [7, 11) is 0. The van der Waals surface area contributed by atoms with Crippen molar-refractivity contribution < 1.29 is 40.7 Å². The number of rotatable bonds is 6. The Morgan fingerprint density at radius 1 is 1.03 bits per heavy atom. The molecule has 1 unspecified atom stereocenters. The number of nitrogens with zero attached hydrogens (tertiary/aromatic N) is 3. The molecular weight excluding hydrogens is 536 g/mol. The van der Waals surface area contributed by atoms with Crippen LogP contribution in [-0.4, -0.2) is 54.7 Å². The zero-order chi connectivity index (χ0) is 28.4. The third-order valence-electron chi connectivity index (χ3n) is 5.41. The Kier molecular flexibility index (Phi) is 7.38. The van der Waals surface area contributed by atoms with Gasteiger partial charge in [-0.1, -0.05) is 18.2 Å². The van der Waals surface area contributed by atoms with E-state index in [1.165, 1.54) is 41.4 Å². The van der Waals surface area contributed by atoms with Crippen molar-refractivity contribution >= 4 is 41.1 Å². The van der Waals surface area contributed by atoms with Gasteiger partial charge < -0.3 is 26.4 Å².